The summed E-state index contributed by atoms with van der Waals surface area (Å²) in [7, 11) is 0. The molecule has 90 valence electrons. The van der Waals surface area contributed by atoms with E-state index in [1.165, 1.54) is 16.7 Å². The van der Waals surface area contributed by atoms with Gasteiger partial charge in [0.25, 0.3) is 0 Å². The van der Waals surface area contributed by atoms with Crippen LogP contribution in [0.1, 0.15) is 23.1 Å². The monoisotopic (exact) mass is 238 g/mol. The second-order valence-corrected chi connectivity index (χ2v) is 5.25. The van der Waals surface area contributed by atoms with E-state index in [0.717, 1.165) is 18.6 Å². The molecule has 0 aliphatic rings. The van der Waals surface area contributed by atoms with E-state index in [1.54, 1.807) is 0 Å². The Balaban J connectivity index is 2.59. The van der Waals surface area contributed by atoms with Gasteiger partial charge in [0.2, 0.25) is 0 Å². The fraction of sp³-hybridized carbons (Fsp3) is 0.538. The van der Waals surface area contributed by atoms with E-state index in [1.807, 2.05) is 11.8 Å². The average Bonchev–Trinajstić information content (AvgIpc) is 2.29. The van der Waals surface area contributed by atoms with Crippen LogP contribution >= 0.6 is 11.8 Å². The lowest BCUT2D eigenvalue weighted by Gasteiger charge is -2.16. The zero-order chi connectivity index (χ0) is 12.0. The van der Waals surface area contributed by atoms with Crippen LogP contribution in [0.25, 0.3) is 0 Å². The molecule has 16 heavy (non-hydrogen) atoms. The molecule has 1 unspecified atom stereocenters. The number of hydrogen-bond acceptors (Lipinski definition) is 3. The maximum absolute atomic E-state index is 5.57. The minimum Gasteiger partial charge on any atom is -0.271 e. The van der Waals surface area contributed by atoms with Gasteiger partial charge >= 0.3 is 0 Å². The minimum absolute atomic E-state index is 0.384. The van der Waals surface area contributed by atoms with Crippen LogP contribution in [-0.4, -0.2) is 18.1 Å². The van der Waals surface area contributed by atoms with Crippen molar-refractivity contribution in [3.05, 3.63) is 34.9 Å². The Hall–Kier alpha value is -0.510. The first-order valence-corrected chi connectivity index (χ1v) is 7.08. The Morgan fingerprint density at radius 2 is 2.06 bits per heavy atom. The molecule has 1 aromatic rings. The topological polar surface area (TPSA) is 38.0 Å². The Morgan fingerprint density at radius 3 is 2.62 bits per heavy atom. The van der Waals surface area contributed by atoms with Gasteiger partial charge in [0.1, 0.15) is 0 Å². The largest absolute Gasteiger partial charge is 0.271 e. The lowest BCUT2D eigenvalue weighted by atomic mass is 10.00. The van der Waals surface area contributed by atoms with Crippen molar-refractivity contribution in [1.82, 2.24) is 5.43 Å². The SMILES string of the molecule is CSCCC(Cc1ccc(C)c(C)c1)NN. The van der Waals surface area contributed by atoms with Gasteiger partial charge < -0.3 is 0 Å². The Kier molecular flexibility index (Phi) is 5.88. The van der Waals surface area contributed by atoms with Gasteiger partial charge in [0, 0.05) is 6.04 Å². The highest BCUT2D eigenvalue weighted by Gasteiger charge is 2.07. The number of aryl methyl sites for hydroxylation is 2. The van der Waals surface area contributed by atoms with Crippen LogP contribution in [0.5, 0.6) is 0 Å². The third-order valence-electron chi connectivity index (χ3n) is 2.96. The van der Waals surface area contributed by atoms with Crippen LogP contribution in [0.4, 0.5) is 0 Å². The summed E-state index contributed by atoms with van der Waals surface area (Å²) in [6.45, 7) is 4.30. The van der Waals surface area contributed by atoms with Crippen molar-refractivity contribution >= 4 is 11.8 Å². The smallest absolute Gasteiger partial charge is 0.0258 e. The highest BCUT2D eigenvalue weighted by Crippen LogP contribution is 2.13. The summed E-state index contributed by atoms with van der Waals surface area (Å²) < 4.78 is 0. The molecule has 0 saturated heterocycles. The van der Waals surface area contributed by atoms with Crippen molar-refractivity contribution in [1.29, 1.82) is 0 Å². The van der Waals surface area contributed by atoms with Gasteiger partial charge in [0.05, 0.1) is 0 Å². The molecule has 0 amide bonds. The van der Waals surface area contributed by atoms with Gasteiger partial charge in [-0.05, 0) is 55.4 Å². The van der Waals surface area contributed by atoms with E-state index in [-0.39, 0.29) is 0 Å². The predicted molar refractivity (Wildman–Crippen MR) is 73.7 cm³/mol. The molecule has 0 bridgehead atoms. The van der Waals surface area contributed by atoms with Crippen LogP contribution in [0.3, 0.4) is 0 Å². The lowest BCUT2D eigenvalue weighted by Crippen LogP contribution is -2.37. The summed E-state index contributed by atoms with van der Waals surface area (Å²) in [5.74, 6) is 6.72. The molecule has 0 radical (unpaired) electrons. The van der Waals surface area contributed by atoms with E-state index in [9.17, 15) is 0 Å². The molecule has 0 aliphatic carbocycles. The zero-order valence-corrected chi connectivity index (χ0v) is 11.2. The van der Waals surface area contributed by atoms with Gasteiger partial charge in [-0.1, -0.05) is 18.2 Å². The Morgan fingerprint density at radius 1 is 1.31 bits per heavy atom. The summed E-state index contributed by atoms with van der Waals surface area (Å²) in [5, 5.41) is 0. The summed E-state index contributed by atoms with van der Waals surface area (Å²) >= 11 is 1.87. The van der Waals surface area contributed by atoms with Crippen LogP contribution in [0.2, 0.25) is 0 Å². The molecular weight excluding hydrogens is 216 g/mol. The number of nitrogens with one attached hydrogen (secondary N) is 1. The molecule has 0 aromatic heterocycles. The number of benzene rings is 1. The molecule has 2 nitrogen and oxygen atoms in total. The number of thioether (sulfide) groups is 1. The summed E-state index contributed by atoms with van der Waals surface area (Å²) in [6, 6.07) is 7.03. The molecule has 1 atom stereocenters. The first kappa shape index (κ1) is 13.6. The van der Waals surface area contributed by atoms with Crippen molar-refractivity contribution in [2.45, 2.75) is 32.7 Å². The molecular formula is C13H22N2S. The van der Waals surface area contributed by atoms with Crippen molar-refractivity contribution in [2.24, 2.45) is 5.84 Å². The first-order valence-electron chi connectivity index (χ1n) is 5.68. The van der Waals surface area contributed by atoms with Crippen molar-refractivity contribution in [2.75, 3.05) is 12.0 Å². The molecule has 0 fully saturated rings. The minimum atomic E-state index is 0.384. The molecule has 0 spiro atoms. The maximum atomic E-state index is 5.57. The number of nitrogens with two attached hydrogens (primary N) is 1. The van der Waals surface area contributed by atoms with Crippen molar-refractivity contribution in [3.8, 4) is 0 Å². The normalized spacial score (nSPS) is 12.8. The van der Waals surface area contributed by atoms with E-state index in [2.05, 4.69) is 43.7 Å². The van der Waals surface area contributed by atoms with Gasteiger partial charge in [-0.15, -0.1) is 0 Å². The van der Waals surface area contributed by atoms with Crippen LogP contribution in [0.15, 0.2) is 18.2 Å². The second kappa shape index (κ2) is 6.94. The maximum Gasteiger partial charge on any atom is 0.0258 e. The molecule has 3 N–H and O–H groups in total. The second-order valence-electron chi connectivity index (χ2n) is 4.27. The molecule has 0 saturated carbocycles. The number of hydrazine groups is 1. The van der Waals surface area contributed by atoms with E-state index in [0.29, 0.717) is 6.04 Å². The molecule has 0 heterocycles. The Labute approximate surface area is 103 Å². The Bertz CT molecular complexity index is 326. The summed E-state index contributed by atoms with van der Waals surface area (Å²) in [5.41, 5.74) is 6.99. The molecule has 0 aliphatic heterocycles. The average molecular weight is 238 g/mol. The third-order valence-corrected chi connectivity index (χ3v) is 3.60. The standard InChI is InChI=1S/C13H22N2S/c1-10-4-5-12(8-11(10)2)9-13(15-14)6-7-16-3/h4-5,8,13,15H,6-7,9,14H2,1-3H3. The van der Waals surface area contributed by atoms with Gasteiger partial charge in [-0.2, -0.15) is 11.8 Å². The van der Waals surface area contributed by atoms with E-state index < -0.39 is 0 Å². The third kappa shape index (κ3) is 4.16. The molecule has 1 rings (SSSR count). The van der Waals surface area contributed by atoms with Gasteiger partial charge in [-0.25, -0.2) is 0 Å². The fourth-order valence-corrected chi connectivity index (χ4v) is 2.24. The number of rotatable bonds is 6. The number of hydrogen-bond donors (Lipinski definition) is 2. The predicted octanol–water partition coefficient (Wildman–Crippen LogP) is 2.43. The fourth-order valence-electron chi connectivity index (χ4n) is 1.72. The van der Waals surface area contributed by atoms with Gasteiger partial charge in [0.15, 0.2) is 0 Å². The van der Waals surface area contributed by atoms with Gasteiger partial charge in [-0.3, -0.25) is 11.3 Å². The van der Waals surface area contributed by atoms with Crippen LogP contribution in [0, 0.1) is 13.8 Å². The summed E-state index contributed by atoms with van der Waals surface area (Å²) in [4.78, 5) is 0. The van der Waals surface area contributed by atoms with Crippen LogP contribution < -0.4 is 11.3 Å². The molecule has 1 aromatic carbocycles. The lowest BCUT2D eigenvalue weighted by molar-refractivity contribution is 0.514. The van der Waals surface area contributed by atoms with Crippen molar-refractivity contribution in [3.63, 3.8) is 0 Å². The van der Waals surface area contributed by atoms with E-state index in [4.69, 9.17) is 5.84 Å². The van der Waals surface area contributed by atoms with E-state index >= 15 is 0 Å². The first-order chi connectivity index (χ1) is 7.67. The highest BCUT2D eigenvalue weighted by atomic mass is 32.2. The van der Waals surface area contributed by atoms with Crippen molar-refractivity contribution < 1.29 is 0 Å². The van der Waals surface area contributed by atoms with Crippen LogP contribution in [-0.2, 0) is 6.42 Å². The quantitative estimate of drug-likeness (QED) is 0.590. The summed E-state index contributed by atoms with van der Waals surface area (Å²) in [6.07, 6.45) is 4.26. The molecule has 3 heteroatoms. The zero-order valence-electron chi connectivity index (χ0n) is 10.4. The highest BCUT2D eigenvalue weighted by molar-refractivity contribution is 7.98.